The van der Waals surface area contributed by atoms with Crippen molar-refractivity contribution in [1.29, 1.82) is 0 Å². The highest BCUT2D eigenvalue weighted by atomic mass is 32.5. The van der Waals surface area contributed by atoms with E-state index < -0.39 is 20.1 Å². The van der Waals surface area contributed by atoms with E-state index in [2.05, 4.69) is 47.3 Å². The molecule has 0 saturated heterocycles. The smallest absolute Gasteiger partial charge is 0.0590 e. The molecule has 5 heteroatoms. The van der Waals surface area contributed by atoms with E-state index in [1.165, 1.54) is 50.3 Å². The van der Waals surface area contributed by atoms with Gasteiger partial charge in [0, 0.05) is 5.02 Å². The Labute approximate surface area is 146 Å². The van der Waals surface area contributed by atoms with Crippen molar-refractivity contribution >= 4 is 43.8 Å². The van der Waals surface area contributed by atoms with Gasteiger partial charge in [0.15, 0.2) is 0 Å². The molecular formula is C16H38P2S2Si. The molecule has 0 radical (unpaired) electrons. The SMILES string of the molecule is CCCP(=S)(CCC)C([Si](C)(C)C)P(=S)(CCC)CCC. The molecule has 0 aliphatic carbocycles. The zero-order valence-electron chi connectivity index (χ0n) is 15.4. The summed E-state index contributed by atoms with van der Waals surface area (Å²) >= 11 is 12.9. The minimum atomic E-state index is -1.32. The molecule has 0 bridgehead atoms. The van der Waals surface area contributed by atoms with Crippen LogP contribution in [0.3, 0.4) is 0 Å². The van der Waals surface area contributed by atoms with Crippen LogP contribution in [0.4, 0.5) is 0 Å². The van der Waals surface area contributed by atoms with Crippen molar-refractivity contribution in [2.75, 3.05) is 24.6 Å². The maximum atomic E-state index is 6.45. The first-order chi connectivity index (χ1) is 9.61. The van der Waals surface area contributed by atoms with Crippen molar-refractivity contribution in [2.45, 2.75) is 78.0 Å². The van der Waals surface area contributed by atoms with Crippen molar-refractivity contribution in [3.63, 3.8) is 0 Å². The van der Waals surface area contributed by atoms with E-state index in [0.29, 0.717) is 0 Å². The van der Waals surface area contributed by atoms with Crippen LogP contribution >= 0.6 is 12.1 Å². The molecular weight excluding hydrogens is 346 g/mol. The molecule has 0 atom stereocenters. The van der Waals surface area contributed by atoms with Gasteiger partial charge in [0.2, 0.25) is 0 Å². The van der Waals surface area contributed by atoms with Crippen molar-refractivity contribution in [2.24, 2.45) is 0 Å². The van der Waals surface area contributed by atoms with Crippen LogP contribution in [0.5, 0.6) is 0 Å². The summed E-state index contributed by atoms with van der Waals surface area (Å²) in [4.78, 5) is 0. The Hall–Kier alpha value is 1.52. The van der Waals surface area contributed by atoms with E-state index in [0.717, 1.165) is 5.02 Å². The van der Waals surface area contributed by atoms with E-state index >= 15 is 0 Å². The Kier molecular flexibility index (Phi) is 10.4. The van der Waals surface area contributed by atoms with E-state index in [9.17, 15) is 0 Å². The Balaban J connectivity index is 5.95. The zero-order chi connectivity index (χ0) is 16.7. The molecule has 0 heterocycles. The second-order valence-corrected chi connectivity index (χ2v) is 25.2. The number of rotatable bonds is 11. The second kappa shape index (κ2) is 9.73. The quantitative estimate of drug-likeness (QED) is 0.284. The van der Waals surface area contributed by atoms with Crippen LogP contribution < -0.4 is 0 Å². The summed E-state index contributed by atoms with van der Waals surface area (Å²) < 4.78 is 0. The van der Waals surface area contributed by atoms with Crippen molar-refractivity contribution < 1.29 is 0 Å². The third kappa shape index (κ3) is 6.50. The van der Waals surface area contributed by atoms with Gasteiger partial charge in [0.25, 0.3) is 0 Å². The number of hydrogen-bond donors (Lipinski definition) is 0. The summed E-state index contributed by atoms with van der Waals surface area (Å²) in [7, 11) is -1.32. The van der Waals surface area contributed by atoms with Gasteiger partial charge >= 0.3 is 0 Å². The molecule has 0 saturated carbocycles. The third-order valence-electron chi connectivity index (χ3n) is 4.07. The van der Waals surface area contributed by atoms with Crippen molar-refractivity contribution in [1.82, 2.24) is 0 Å². The van der Waals surface area contributed by atoms with Gasteiger partial charge in [0.1, 0.15) is 0 Å². The predicted octanol–water partition coefficient (Wildman–Crippen LogP) is 6.79. The molecule has 21 heavy (non-hydrogen) atoms. The van der Waals surface area contributed by atoms with Crippen LogP contribution in [0.25, 0.3) is 0 Å². The minimum absolute atomic E-state index is 0.794. The normalized spacial score (nSPS) is 13.9. The second-order valence-electron chi connectivity index (χ2n) is 7.54. The molecule has 0 aromatic heterocycles. The van der Waals surface area contributed by atoms with Gasteiger partial charge in [-0.05, 0) is 36.7 Å². The van der Waals surface area contributed by atoms with Crippen molar-refractivity contribution in [3.8, 4) is 0 Å². The third-order valence-corrected chi connectivity index (χ3v) is 28.0. The van der Waals surface area contributed by atoms with Crippen LogP contribution in [0.2, 0.25) is 19.6 Å². The summed E-state index contributed by atoms with van der Waals surface area (Å²) in [5.74, 6) is 0. The highest BCUT2D eigenvalue weighted by Crippen LogP contribution is 2.71. The fourth-order valence-electron chi connectivity index (χ4n) is 4.02. The van der Waals surface area contributed by atoms with Crippen LogP contribution in [0.15, 0.2) is 0 Å². The van der Waals surface area contributed by atoms with Gasteiger partial charge in [-0.2, -0.15) is 0 Å². The van der Waals surface area contributed by atoms with Crippen LogP contribution in [0.1, 0.15) is 53.4 Å². The predicted molar refractivity (Wildman–Crippen MR) is 116 cm³/mol. The zero-order valence-corrected chi connectivity index (χ0v) is 19.9. The molecule has 128 valence electrons. The Morgan fingerprint density at radius 2 is 0.905 bits per heavy atom. The van der Waals surface area contributed by atoms with E-state index in [-0.39, 0.29) is 0 Å². The van der Waals surface area contributed by atoms with E-state index in [1.807, 2.05) is 0 Å². The summed E-state index contributed by atoms with van der Waals surface area (Å²) in [6.45, 7) is 16.9. The van der Waals surface area contributed by atoms with Crippen LogP contribution in [-0.2, 0) is 23.6 Å². The largest absolute Gasteiger partial charge is 0.0971 e. The molecule has 0 fully saturated rings. The molecule has 0 N–H and O–H groups in total. The van der Waals surface area contributed by atoms with Gasteiger partial charge in [-0.3, -0.25) is 0 Å². The van der Waals surface area contributed by atoms with E-state index in [4.69, 9.17) is 23.6 Å². The first kappa shape index (κ1) is 22.5. The standard InChI is InChI=1S/C16H38P2S2Si/c1-8-12-17(19,13-9-2)16(21(5,6)7)18(20,14-10-3)15-11-4/h16H,8-15H2,1-7H3. The van der Waals surface area contributed by atoms with Gasteiger partial charge < -0.3 is 0 Å². The first-order valence-electron chi connectivity index (χ1n) is 8.76. The van der Waals surface area contributed by atoms with Gasteiger partial charge in [-0.15, -0.1) is 0 Å². The van der Waals surface area contributed by atoms with Crippen LogP contribution in [-0.4, -0.2) is 37.7 Å². The fraction of sp³-hybridized carbons (Fsp3) is 1.00. The average molecular weight is 385 g/mol. The highest BCUT2D eigenvalue weighted by molar-refractivity contribution is 8.26. The molecule has 0 spiro atoms. The molecule has 0 aromatic rings. The molecule has 0 aliphatic heterocycles. The number of hydrogen-bond acceptors (Lipinski definition) is 2. The monoisotopic (exact) mass is 384 g/mol. The maximum Gasteiger partial charge on any atom is 0.0590 e. The van der Waals surface area contributed by atoms with Crippen molar-refractivity contribution in [3.05, 3.63) is 0 Å². The summed E-state index contributed by atoms with van der Waals surface area (Å²) in [6, 6.07) is -2.58. The lowest BCUT2D eigenvalue weighted by molar-refractivity contribution is 1.03. The Morgan fingerprint density at radius 3 is 1.05 bits per heavy atom. The van der Waals surface area contributed by atoms with Gasteiger partial charge in [-0.25, -0.2) is 0 Å². The summed E-state index contributed by atoms with van der Waals surface area (Å²) in [5, 5.41) is 0.794. The highest BCUT2D eigenvalue weighted by Gasteiger charge is 2.45. The Bertz CT molecular complexity index is 338. The fourth-order valence-corrected chi connectivity index (χ4v) is 37.4. The molecule has 0 nitrogen and oxygen atoms in total. The topological polar surface area (TPSA) is 0 Å². The first-order valence-corrected chi connectivity index (χ1v) is 18.8. The van der Waals surface area contributed by atoms with Gasteiger partial charge in [-0.1, -0.05) is 96.6 Å². The lowest BCUT2D eigenvalue weighted by Crippen LogP contribution is -2.40. The molecule has 0 unspecified atom stereocenters. The average Bonchev–Trinajstić information content (AvgIpc) is 2.27. The lowest BCUT2D eigenvalue weighted by Gasteiger charge is -2.46. The van der Waals surface area contributed by atoms with Gasteiger partial charge in [0.05, 0.1) is 8.07 Å². The molecule has 0 aliphatic rings. The summed E-state index contributed by atoms with van der Waals surface area (Å²) in [6.07, 6.45) is 10.2. The Morgan fingerprint density at radius 1 is 0.667 bits per heavy atom. The summed E-state index contributed by atoms with van der Waals surface area (Å²) in [5.41, 5.74) is 0. The maximum absolute atomic E-state index is 6.45. The van der Waals surface area contributed by atoms with Crippen LogP contribution in [0, 0.1) is 0 Å². The minimum Gasteiger partial charge on any atom is -0.0971 e. The molecule has 0 amide bonds. The van der Waals surface area contributed by atoms with E-state index in [1.54, 1.807) is 0 Å². The molecule has 0 aromatic carbocycles. The molecule has 0 rings (SSSR count). The lowest BCUT2D eigenvalue weighted by atomic mass is 10.6.